The van der Waals surface area contributed by atoms with Crippen LogP contribution in [0, 0.1) is 0 Å². The number of para-hydroxylation sites is 2. The van der Waals surface area contributed by atoms with Gasteiger partial charge in [-0.05, 0) is 38.3 Å². The van der Waals surface area contributed by atoms with Gasteiger partial charge in [0.15, 0.2) is 5.96 Å². The normalized spacial score (nSPS) is 16.6. The number of nitrogens with one attached hydrogen (secondary N) is 2. The van der Waals surface area contributed by atoms with E-state index in [1.165, 1.54) is 7.11 Å². The Hall–Kier alpha value is -2.44. The molecule has 1 aliphatic heterocycles. The van der Waals surface area contributed by atoms with Gasteiger partial charge in [-0.25, -0.2) is 0 Å². The van der Waals surface area contributed by atoms with Gasteiger partial charge in [-0.15, -0.1) is 0 Å². The highest BCUT2D eigenvalue weighted by Crippen LogP contribution is 2.30. The molecule has 0 aliphatic carbocycles. The topological polar surface area (TPSA) is 75.2 Å². The van der Waals surface area contributed by atoms with Crippen LogP contribution in [0.5, 0.6) is 5.75 Å². The molecule has 2 N–H and O–H groups in total. The molecule has 0 aromatic heterocycles. The van der Waals surface area contributed by atoms with Gasteiger partial charge in [-0.2, -0.15) is 0 Å². The van der Waals surface area contributed by atoms with Crippen molar-refractivity contribution in [2.24, 2.45) is 4.99 Å². The number of nitrogens with zero attached hydrogens (tertiary/aromatic N) is 2. The second kappa shape index (κ2) is 12.9. The maximum atomic E-state index is 11.1. The highest BCUT2D eigenvalue weighted by molar-refractivity contribution is 5.80. The maximum absolute atomic E-state index is 11.1. The number of methoxy groups -OCH3 is 2. The van der Waals surface area contributed by atoms with Crippen LogP contribution in [0.2, 0.25) is 0 Å². The molecule has 1 unspecified atom stereocenters. The van der Waals surface area contributed by atoms with Gasteiger partial charge < -0.3 is 25.0 Å². The molecule has 1 saturated heterocycles. The Morgan fingerprint density at radius 1 is 1.21 bits per heavy atom. The molecule has 1 aromatic carbocycles. The Kier molecular flexibility index (Phi) is 10.2. The van der Waals surface area contributed by atoms with E-state index < -0.39 is 0 Å². The number of hydrogen-bond donors (Lipinski definition) is 2. The van der Waals surface area contributed by atoms with Crippen molar-refractivity contribution in [3.05, 3.63) is 24.3 Å². The van der Waals surface area contributed by atoms with E-state index in [9.17, 15) is 4.79 Å². The molecule has 0 amide bonds. The number of carbonyl (C=O) groups excluding carboxylic acids is 1. The highest BCUT2D eigenvalue weighted by Gasteiger charge is 2.25. The minimum atomic E-state index is -0.125. The molecule has 1 aliphatic rings. The van der Waals surface area contributed by atoms with Crippen molar-refractivity contribution in [1.82, 2.24) is 10.6 Å². The van der Waals surface area contributed by atoms with Crippen molar-refractivity contribution in [1.29, 1.82) is 0 Å². The summed E-state index contributed by atoms with van der Waals surface area (Å²) in [5, 5.41) is 6.92. The first-order valence-corrected chi connectivity index (χ1v) is 10.7. The van der Waals surface area contributed by atoms with Crippen LogP contribution in [0.3, 0.4) is 0 Å². The van der Waals surface area contributed by atoms with Crippen LogP contribution in [0.4, 0.5) is 5.69 Å². The van der Waals surface area contributed by atoms with Crippen molar-refractivity contribution in [2.75, 3.05) is 45.3 Å². The van der Waals surface area contributed by atoms with Crippen molar-refractivity contribution in [3.8, 4) is 5.75 Å². The number of ether oxygens (including phenoxy) is 2. The Morgan fingerprint density at radius 2 is 2.00 bits per heavy atom. The van der Waals surface area contributed by atoms with E-state index in [4.69, 9.17) is 9.73 Å². The minimum absolute atomic E-state index is 0.125. The lowest BCUT2D eigenvalue weighted by Gasteiger charge is -2.22. The van der Waals surface area contributed by atoms with Crippen LogP contribution < -0.4 is 20.3 Å². The fourth-order valence-corrected chi connectivity index (χ4v) is 3.53. The van der Waals surface area contributed by atoms with Gasteiger partial charge in [-0.1, -0.05) is 25.0 Å². The summed E-state index contributed by atoms with van der Waals surface area (Å²) in [4.78, 5) is 18.2. The van der Waals surface area contributed by atoms with Crippen molar-refractivity contribution in [3.63, 3.8) is 0 Å². The molecule has 1 heterocycles. The number of hydrogen-bond acceptors (Lipinski definition) is 5. The predicted molar refractivity (Wildman–Crippen MR) is 118 cm³/mol. The standard InChI is InChI=1S/C22H36N4O3/c1-4-23-22(24-15-10-6-5-7-13-21(27)29-3)25-18-14-16-26(17-18)19-11-8-9-12-20(19)28-2/h8-9,11-12,18H,4-7,10,13-17H2,1-3H3,(H2,23,24,25). The van der Waals surface area contributed by atoms with Crippen LogP contribution >= 0.6 is 0 Å². The number of esters is 1. The van der Waals surface area contributed by atoms with Gasteiger partial charge in [0.1, 0.15) is 5.75 Å². The molecule has 0 radical (unpaired) electrons. The van der Waals surface area contributed by atoms with E-state index in [0.29, 0.717) is 12.5 Å². The van der Waals surface area contributed by atoms with Gasteiger partial charge in [0, 0.05) is 38.6 Å². The molecule has 1 atom stereocenters. The first-order chi connectivity index (χ1) is 14.2. The molecule has 1 aromatic rings. The van der Waals surface area contributed by atoms with Gasteiger partial charge >= 0.3 is 5.97 Å². The van der Waals surface area contributed by atoms with E-state index in [2.05, 4.69) is 39.3 Å². The van der Waals surface area contributed by atoms with Gasteiger partial charge in [0.05, 0.1) is 19.9 Å². The second-order valence-corrected chi connectivity index (χ2v) is 7.25. The van der Waals surface area contributed by atoms with Gasteiger partial charge in [-0.3, -0.25) is 9.79 Å². The minimum Gasteiger partial charge on any atom is -0.495 e. The Balaban J connectivity index is 1.75. The van der Waals surface area contributed by atoms with Crippen molar-refractivity contribution in [2.45, 2.75) is 51.5 Å². The summed E-state index contributed by atoms with van der Waals surface area (Å²) < 4.78 is 10.2. The van der Waals surface area contributed by atoms with Gasteiger partial charge in [0.25, 0.3) is 0 Å². The van der Waals surface area contributed by atoms with Crippen LogP contribution in [0.15, 0.2) is 29.3 Å². The number of anilines is 1. The first kappa shape index (κ1) is 22.8. The third kappa shape index (κ3) is 7.83. The number of rotatable bonds is 11. The van der Waals surface area contributed by atoms with Crippen molar-refractivity contribution >= 4 is 17.6 Å². The molecule has 7 heteroatoms. The summed E-state index contributed by atoms with van der Waals surface area (Å²) in [6, 6.07) is 8.53. The molecule has 29 heavy (non-hydrogen) atoms. The molecular formula is C22H36N4O3. The molecule has 162 valence electrons. The lowest BCUT2D eigenvalue weighted by Crippen LogP contribution is -2.44. The SMILES string of the molecule is CCNC(=NCCCCCCC(=O)OC)NC1CCN(c2ccccc2OC)C1. The molecule has 7 nitrogen and oxygen atoms in total. The number of carbonyl (C=O) groups is 1. The second-order valence-electron chi connectivity index (χ2n) is 7.25. The molecular weight excluding hydrogens is 368 g/mol. The van der Waals surface area contributed by atoms with E-state index in [1.54, 1.807) is 7.11 Å². The van der Waals surface area contributed by atoms with E-state index in [1.807, 2.05) is 12.1 Å². The van der Waals surface area contributed by atoms with Crippen LogP contribution in [0.25, 0.3) is 0 Å². The average Bonchev–Trinajstić information content (AvgIpc) is 3.21. The zero-order valence-corrected chi connectivity index (χ0v) is 18.1. The lowest BCUT2D eigenvalue weighted by atomic mass is 10.1. The Bertz CT molecular complexity index is 651. The smallest absolute Gasteiger partial charge is 0.305 e. The summed E-state index contributed by atoms with van der Waals surface area (Å²) in [5.41, 5.74) is 1.15. The number of aliphatic imine (C=N–C) groups is 1. The van der Waals surface area contributed by atoms with E-state index in [0.717, 1.165) is 75.7 Å². The number of unbranched alkanes of at least 4 members (excludes halogenated alkanes) is 3. The third-order valence-corrected chi connectivity index (χ3v) is 5.09. The number of benzene rings is 1. The van der Waals surface area contributed by atoms with E-state index in [-0.39, 0.29) is 5.97 Å². The Labute approximate surface area is 174 Å². The molecule has 0 bridgehead atoms. The fraction of sp³-hybridized carbons (Fsp3) is 0.636. The van der Waals surface area contributed by atoms with Crippen LogP contribution in [-0.2, 0) is 9.53 Å². The zero-order valence-electron chi connectivity index (χ0n) is 18.1. The summed E-state index contributed by atoms with van der Waals surface area (Å²) in [6.45, 7) is 5.64. The number of guanidine groups is 1. The Morgan fingerprint density at radius 3 is 2.76 bits per heavy atom. The fourth-order valence-electron chi connectivity index (χ4n) is 3.53. The highest BCUT2D eigenvalue weighted by atomic mass is 16.5. The molecule has 0 saturated carbocycles. The first-order valence-electron chi connectivity index (χ1n) is 10.7. The van der Waals surface area contributed by atoms with E-state index >= 15 is 0 Å². The maximum Gasteiger partial charge on any atom is 0.305 e. The average molecular weight is 405 g/mol. The molecule has 0 spiro atoms. The summed E-state index contributed by atoms with van der Waals surface area (Å²) in [6.07, 6.45) is 5.59. The predicted octanol–water partition coefficient (Wildman–Crippen LogP) is 2.95. The largest absolute Gasteiger partial charge is 0.495 e. The molecule has 2 rings (SSSR count). The zero-order chi connectivity index (χ0) is 20.9. The quantitative estimate of drug-likeness (QED) is 0.256. The summed E-state index contributed by atoms with van der Waals surface area (Å²) >= 11 is 0. The van der Waals surface area contributed by atoms with Crippen LogP contribution in [0.1, 0.15) is 45.4 Å². The monoisotopic (exact) mass is 404 g/mol. The van der Waals surface area contributed by atoms with Crippen LogP contribution in [-0.4, -0.2) is 58.4 Å². The lowest BCUT2D eigenvalue weighted by molar-refractivity contribution is -0.140. The summed E-state index contributed by atoms with van der Waals surface area (Å²) in [5.74, 6) is 1.68. The van der Waals surface area contributed by atoms with Crippen molar-refractivity contribution < 1.29 is 14.3 Å². The van der Waals surface area contributed by atoms with Gasteiger partial charge in [0.2, 0.25) is 0 Å². The summed E-state index contributed by atoms with van der Waals surface area (Å²) in [7, 11) is 3.16. The third-order valence-electron chi connectivity index (χ3n) is 5.09. The molecule has 1 fully saturated rings.